The molecular formula is C25H23ClN2O5S. The van der Waals surface area contributed by atoms with Gasteiger partial charge < -0.3 is 14.2 Å². The zero-order valence-corrected chi connectivity index (χ0v) is 20.5. The second kappa shape index (κ2) is 10.4. The molecule has 0 amide bonds. The highest BCUT2D eigenvalue weighted by atomic mass is 35.5. The number of carbonyl (C=O) groups is 1. The highest BCUT2D eigenvalue weighted by molar-refractivity contribution is 7.07. The van der Waals surface area contributed by atoms with Crippen molar-refractivity contribution in [2.45, 2.75) is 13.0 Å². The molecule has 0 bridgehead atoms. The maximum atomic E-state index is 13.6. The molecule has 34 heavy (non-hydrogen) atoms. The Balaban J connectivity index is 1.85. The van der Waals surface area contributed by atoms with Gasteiger partial charge in [0.1, 0.15) is 12.4 Å². The van der Waals surface area contributed by atoms with E-state index in [0.717, 1.165) is 16.9 Å². The number of rotatable bonds is 7. The largest absolute Gasteiger partial charge is 0.497 e. The molecule has 0 N–H and O–H groups in total. The summed E-state index contributed by atoms with van der Waals surface area (Å²) in [4.78, 5) is 31.7. The molecule has 2 heterocycles. The van der Waals surface area contributed by atoms with Crippen LogP contribution in [0.15, 0.2) is 69.6 Å². The van der Waals surface area contributed by atoms with Gasteiger partial charge in [-0.1, -0.05) is 47.2 Å². The summed E-state index contributed by atoms with van der Waals surface area (Å²) in [6.45, 7) is 2.11. The number of fused-ring (bicyclic) bond motifs is 1. The Bertz CT molecular complexity index is 1410. The fourth-order valence-electron chi connectivity index (χ4n) is 3.69. The summed E-state index contributed by atoms with van der Waals surface area (Å²) in [5, 5.41) is 0.556. The van der Waals surface area contributed by atoms with Gasteiger partial charge >= 0.3 is 5.97 Å². The minimum absolute atomic E-state index is 0.0986. The highest BCUT2D eigenvalue weighted by Crippen LogP contribution is 2.31. The third kappa shape index (κ3) is 4.84. The van der Waals surface area contributed by atoms with Crippen molar-refractivity contribution in [2.24, 2.45) is 4.99 Å². The van der Waals surface area contributed by atoms with Gasteiger partial charge in [0.15, 0.2) is 4.80 Å². The summed E-state index contributed by atoms with van der Waals surface area (Å²) in [5.41, 5.74) is 2.15. The molecule has 0 spiro atoms. The van der Waals surface area contributed by atoms with Crippen LogP contribution in [0.5, 0.6) is 5.75 Å². The van der Waals surface area contributed by atoms with Gasteiger partial charge in [-0.3, -0.25) is 9.36 Å². The highest BCUT2D eigenvalue weighted by Gasteiger charge is 2.33. The lowest BCUT2D eigenvalue weighted by Crippen LogP contribution is -2.40. The average molecular weight is 499 g/mol. The van der Waals surface area contributed by atoms with Crippen LogP contribution in [-0.2, 0) is 14.3 Å². The minimum Gasteiger partial charge on any atom is -0.497 e. The number of nitrogens with zero attached hydrogens (tertiary/aromatic N) is 2. The Hall–Kier alpha value is -3.20. The quantitative estimate of drug-likeness (QED) is 0.369. The van der Waals surface area contributed by atoms with Crippen LogP contribution < -0.4 is 19.6 Å². The number of methoxy groups -OCH3 is 2. The molecule has 7 nitrogen and oxygen atoms in total. The SMILES string of the molecule is COCCOC(=O)C1=C(C)N=c2s/c(=C\c3ccc(OC)cc3)c(=O)n2[C@H]1c1ccc(Cl)cc1. The summed E-state index contributed by atoms with van der Waals surface area (Å²) in [6.07, 6.45) is 1.80. The van der Waals surface area contributed by atoms with Gasteiger partial charge in [0.2, 0.25) is 0 Å². The van der Waals surface area contributed by atoms with E-state index in [9.17, 15) is 9.59 Å². The second-order valence-corrected chi connectivity index (χ2v) is 8.98. The van der Waals surface area contributed by atoms with E-state index in [1.165, 1.54) is 18.4 Å². The van der Waals surface area contributed by atoms with Crippen molar-refractivity contribution in [3.05, 3.63) is 95.6 Å². The third-order valence-corrected chi connectivity index (χ3v) is 6.60. The van der Waals surface area contributed by atoms with Gasteiger partial charge in [0, 0.05) is 12.1 Å². The van der Waals surface area contributed by atoms with E-state index in [1.54, 1.807) is 48.9 Å². The number of aromatic nitrogens is 1. The van der Waals surface area contributed by atoms with Crippen LogP contribution in [0.1, 0.15) is 24.1 Å². The lowest BCUT2D eigenvalue weighted by atomic mass is 9.96. The van der Waals surface area contributed by atoms with Crippen molar-refractivity contribution in [1.29, 1.82) is 0 Å². The molecule has 0 unspecified atom stereocenters. The molecule has 0 radical (unpaired) electrons. The predicted octanol–water partition coefficient (Wildman–Crippen LogP) is 3.09. The first-order valence-electron chi connectivity index (χ1n) is 10.5. The van der Waals surface area contributed by atoms with Crippen LogP contribution in [0.2, 0.25) is 5.02 Å². The van der Waals surface area contributed by atoms with Crippen LogP contribution in [-0.4, -0.2) is 38.0 Å². The number of halogens is 1. The minimum atomic E-state index is -0.693. The Morgan fingerprint density at radius 3 is 2.47 bits per heavy atom. The van der Waals surface area contributed by atoms with Crippen LogP contribution in [0, 0.1) is 0 Å². The molecule has 1 aliphatic rings. The Morgan fingerprint density at radius 1 is 1.12 bits per heavy atom. The number of benzene rings is 2. The maximum Gasteiger partial charge on any atom is 0.338 e. The van der Waals surface area contributed by atoms with E-state index in [1.807, 2.05) is 24.3 Å². The number of ether oxygens (including phenoxy) is 3. The molecule has 2 aromatic carbocycles. The molecule has 1 aliphatic heterocycles. The smallest absolute Gasteiger partial charge is 0.338 e. The first-order valence-corrected chi connectivity index (χ1v) is 11.7. The van der Waals surface area contributed by atoms with Crippen LogP contribution in [0.4, 0.5) is 0 Å². The third-order valence-electron chi connectivity index (χ3n) is 5.36. The molecule has 176 valence electrons. The number of allylic oxidation sites excluding steroid dienone is 1. The first kappa shape index (κ1) is 23.9. The van der Waals surface area contributed by atoms with Crippen molar-refractivity contribution in [1.82, 2.24) is 4.57 Å². The zero-order chi connectivity index (χ0) is 24.2. The molecule has 9 heteroatoms. The first-order chi connectivity index (χ1) is 16.4. The molecule has 4 rings (SSSR count). The molecule has 0 aliphatic carbocycles. The maximum absolute atomic E-state index is 13.6. The second-order valence-electron chi connectivity index (χ2n) is 7.54. The van der Waals surface area contributed by atoms with E-state index >= 15 is 0 Å². The van der Waals surface area contributed by atoms with E-state index in [4.69, 9.17) is 25.8 Å². The van der Waals surface area contributed by atoms with Gasteiger partial charge in [0.05, 0.1) is 35.6 Å². The predicted molar refractivity (Wildman–Crippen MR) is 131 cm³/mol. The Morgan fingerprint density at radius 2 is 1.82 bits per heavy atom. The number of thiazole rings is 1. The van der Waals surface area contributed by atoms with Crippen LogP contribution >= 0.6 is 22.9 Å². The topological polar surface area (TPSA) is 79.1 Å². The molecule has 1 atom stereocenters. The van der Waals surface area contributed by atoms with Gasteiger partial charge in [-0.2, -0.15) is 0 Å². The summed E-state index contributed by atoms with van der Waals surface area (Å²) in [6, 6.07) is 13.8. The van der Waals surface area contributed by atoms with Crippen molar-refractivity contribution in [2.75, 3.05) is 27.4 Å². The molecule has 3 aromatic rings. The fraction of sp³-hybridized carbons (Fsp3) is 0.240. The van der Waals surface area contributed by atoms with E-state index in [-0.39, 0.29) is 18.8 Å². The molecule has 0 fully saturated rings. The fourth-order valence-corrected chi connectivity index (χ4v) is 4.86. The summed E-state index contributed by atoms with van der Waals surface area (Å²) in [7, 11) is 3.13. The van der Waals surface area contributed by atoms with Gasteiger partial charge in [-0.15, -0.1) is 0 Å². The van der Waals surface area contributed by atoms with Crippen molar-refractivity contribution >= 4 is 35.0 Å². The van der Waals surface area contributed by atoms with E-state index in [2.05, 4.69) is 4.99 Å². The summed E-state index contributed by atoms with van der Waals surface area (Å²) < 4.78 is 17.6. The lowest BCUT2D eigenvalue weighted by Gasteiger charge is -2.24. The molecule has 0 saturated carbocycles. The van der Waals surface area contributed by atoms with Gasteiger partial charge in [0.25, 0.3) is 5.56 Å². The van der Waals surface area contributed by atoms with Crippen molar-refractivity contribution < 1.29 is 19.0 Å². The van der Waals surface area contributed by atoms with Crippen LogP contribution in [0.25, 0.3) is 6.08 Å². The normalized spacial score (nSPS) is 15.6. The van der Waals surface area contributed by atoms with Gasteiger partial charge in [-0.25, -0.2) is 9.79 Å². The van der Waals surface area contributed by atoms with Crippen molar-refractivity contribution in [3.8, 4) is 5.75 Å². The monoisotopic (exact) mass is 498 g/mol. The summed E-state index contributed by atoms with van der Waals surface area (Å²) in [5.74, 6) is 0.191. The lowest BCUT2D eigenvalue weighted by molar-refractivity contribution is -0.140. The van der Waals surface area contributed by atoms with E-state index < -0.39 is 12.0 Å². The van der Waals surface area contributed by atoms with Gasteiger partial charge in [-0.05, 0) is 48.4 Å². The summed E-state index contributed by atoms with van der Waals surface area (Å²) >= 11 is 7.37. The number of hydrogen-bond donors (Lipinski definition) is 0. The molecular weight excluding hydrogens is 476 g/mol. The standard InChI is InChI=1S/C25H23ClN2O5S/c1-15-21(24(30)33-13-12-31-2)22(17-6-8-18(26)9-7-17)28-23(29)20(34-25(28)27-15)14-16-4-10-19(32-3)11-5-16/h4-11,14,22H,12-13H2,1-3H3/b20-14-/t22-/m0/s1. The average Bonchev–Trinajstić information content (AvgIpc) is 3.13. The van der Waals surface area contributed by atoms with Crippen molar-refractivity contribution in [3.63, 3.8) is 0 Å². The zero-order valence-electron chi connectivity index (χ0n) is 18.9. The van der Waals surface area contributed by atoms with Crippen LogP contribution in [0.3, 0.4) is 0 Å². The number of carbonyl (C=O) groups excluding carboxylic acids is 1. The molecule has 1 aromatic heterocycles. The molecule has 0 saturated heterocycles. The Kier molecular flexibility index (Phi) is 7.31. The Labute approximate surface area is 205 Å². The number of hydrogen-bond acceptors (Lipinski definition) is 7. The van der Waals surface area contributed by atoms with E-state index in [0.29, 0.717) is 25.6 Å². The number of esters is 1.